The highest BCUT2D eigenvalue weighted by atomic mass is 32.2. The predicted molar refractivity (Wildman–Crippen MR) is 100 cm³/mol. The van der Waals surface area contributed by atoms with Crippen molar-refractivity contribution in [3.05, 3.63) is 55.3 Å². The van der Waals surface area contributed by atoms with Gasteiger partial charge in [-0.15, -0.1) is 16.8 Å². The predicted octanol–water partition coefficient (Wildman–Crippen LogP) is 4.06. The van der Waals surface area contributed by atoms with Crippen LogP contribution in [0.3, 0.4) is 0 Å². The number of allylic oxidation sites excluding steroid dienone is 1. The Morgan fingerprint density at radius 2 is 2.14 bits per heavy atom. The fourth-order valence-corrected chi connectivity index (χ4v) is 3.11. The van der Waals surface area contributed by atoms with E-state index < -0.39 is 12.5 Å². The zero-order valence-electron chi connectivity index (χ0n) is 14.5. The molecule has 3 aromatic rings. The molecule has 0 bridgehead atoms. The first-order valence-electron chi connectivity index (χ1n) is 8.13. The first-order valence-corrected chi connectivity index (χ1v) is 9.11. The summed E-state index contributed by atoms with van der Waals surface area (Å²) in [7, 11) is 0. The molecule has 1 N–H and O–H groups in total. The van der Waals surface area contributed by atoms with Crippen molar-refractivity contribution in [2.45, 2.75) is 18.3 Å². The largest absolute Gasteiger partial charge is 0.461 e. The van der Waals surface area contributed by atoms with Crippen molar-refractivity contribution >= 4 is 23.4 Å². The second kappa shape index (κ2) is 9.18. The highest BCUT2D eigenvalue weighted by Gasteiger charge is 2.17. The number of nitrogens with one attached hydrogen (secondary N) is 1. The topological polar surface area (TPSA) is 82.2 Å². The summed E-state index contributed by atoms with van der Waals surface area (Å²) in [5.41, 5.74) is 0.164. The van der Waals surface area contributed by atoms with Gasteiger partial charge in [-0.2, -0.15) is 8.78 Å². The maximum Gasteiger partial charge on any atom is 0.387 e. The van der Waals surface area contributed by atoms with Crippen molar-refractivity contribution in [1.29, 1.82) is 0 Å². The Bertz CT molecular complexity index is 944. The molecular weight excluding hydrogens is 390 g/mol. The summed E-state index contributed by atoms with van der Waals surface area (Å²) in [6.45, 7) is 1.16. The lowest BCUT2D eigenvalue weighted by molar-refractivity contribution is -0.113. The average molecular weight is 406 g/mol. The van der Waals surface area contributed by atoms with Crippen LogP contribution in [0.1, 0.15) is 0 Å². The standard InChI is InChI=1S/C18H16F2N4O3S/c1-2-9-24-16(14-8-5-10-26-14)22-23-18(24)28-11-15(25)21-12-6-3-4-7-13(12)27-17(19)20/h2-8,10,17H,1,9,11H2,(H,21,25). The lowest BCUT2D eigenvalue weighted by Gasteiger charge is -2.11. The van der Waals surface area contributed by atoms with Gasteiger partial charge in [-0.1, -0.05) is 30.0 Å². The third-order valence-corrected chi connectivity index (χ3v) is 4.45. The van der Waals surface area contributed by atoms with Gasteiger partial charge < -0.3 is 14.5 Å². The van der Waals surface area contributed by atoms with E-state index >= 15 is 0 Å². The Kier molecular flexibility index (Phi) is 6.43. The number of carbonyl (C=O) groups excluding carboxylic acids is 1. The summed E-state index contributed by atoms with van der Waals surface area (Å²) < 4.78 is 36.5. The molecule has 0 spiro atoms. The van der Waals surface area contributed by atoms with E-state index in [9.17, 15) is 13.6 Å². The third-order valence-electron chi connectivity index (χ3n) is 3.48. The zero-order valence-corrected chi connectivity index (χ0v) is 15.4. The quantitative estimate of drug-likeness (QED) is 0.426. The van der Waals surface area contributed by atoms with Crippen molar-refractivity contribution in [3.8, 4) is 17.3 Å². The minimum atomic E-state index is -2.98. The molecule has 1 amide bonds. The normalized spacial score (nSPS) is 10.8. The molecule has 2 aromatic heterocycles. The molecule has 0 atom stereocenters. The van der Waals surface area contributed by atoms with Crippen molar-refractivity contribution in [3.63, 3.8) is 0 Å². The average Bonchev–Trinajstić information content (AvgIpc) is 3.31. The van der Waals surface area contributed by atoms with E-state index in [0.717, 1.165) is 11.8 Å². The van der Waals surface area contributed by atoms with Gasteiger partial charge in [-0.25, -0.2) is 0 Å². The number of hydrogen-bond acceptors (Lipinski definition) is 6. The van der Waals surface area contributed by atoms with Gasteiger partial charge in [0.15, 0.2) is 10.9 Å². The molecule has 3 rings (SSSR count). The third kappa shape index (κ3) is 4.77. The molecular formula is C18H16F2N4O3S. The number of halogens is 2. The minimum absolute atomic E-state index is 0.00353. The Balaban J connectivity index is 1.68. The van der Waals surface area contributed by atoms with Crippen molar-refractivity contribution in [1.82, 2.24) is 14.8 Å². The van der Waals surface area contributed by atoms with Crippen LogP contribution in [0, 0.1) is 0 Å². The number of thioether (sulfide) groups is 1. The maximum atomic E-state index is 12.5. The van der Waals surface area contributed by atoms with Gasteiger partial charge in [0.2, 0.25) is 11.7 Å². The summed E-state index contributed by atoms with van der Waals surface area (Å²) in [6.07, 6.45) is 3.21. The van der Waals surface area contributed by atoms with Crippen LogP contribution in [0.5, 0.6) is 5.75 Å². The summed E-state index contributed by atoms with van der Waals surface area (Å²) >= 11 is 1.15. The molecule has 0 aliphatic carbocycles. The van der Waals surface area contributed by atoms with E-state index in [2.05, 4.69) is 26.8 Å². The molecule has 0 fully saturated rings. The number of para-hydroxylation sites is 2. The second-order valence-electron chi connectivity index (χ2n) is 5.39. The van der Waals surface area contributed by atoms with E-state index in [-0.39, 0.29) is 17.2 Å². The van der Waals surface area contributed by atoms with Crippen molar-refractivity contribution in [2.75, 3.05) is 11.1 Å². The summed E-state index contributed by atoms with van der Waals surface area (Å²) in [5, 5.41) is 11.2. The number of furan rings is 1. The molecule has 0 aliphatic heterocycles. The van der Waals surface area contributed by atoms with Gasteiger partial charge in [-0.3, -0.25) is 9.36 Å². The van der Waals surface area contributed by atoms with Crippen molar-refractivity contribution in [2.24, 2.45) is 0 Å². The number of benzene rings is 1. The first kappa shape index (κ1) is 19.6. The molecule has 0 aliphatic rings. The molecule has 28 heavy (non-hydrogen) atoms. The van der Waals surface area contributed by atoms with E-state index in [0.29, 0.717) is 23.3 Å². The molecule has 1 aromatic carbocycles. The van der Waals surface area contributed by atoms with E-state index in [1.165, 1.54) is 24.5 Å². The number of rotatable bonds is 9. The smallest absolute Gasteiger partial charge is 0.387 e. The fraction of sp³-hybridized carbons (Fsp3) is 0.167. The van der Waals surface area contributed by atoms with Crippen LogP contribution in [-0.4, -0.2) is 33.0 Å². The lowest BCUT2D eigenvalue weighted by Crippen LogP contribution is -2.16. The molecule has 0 unspecified atom stereocenters. The number of amides is 1. The van der Waals surface area contributed by atoms with Gasteiger partial charge in [0.05, 0.1) is 17.7 Å². The van der Waals surface area contributed by atoms with E-state index in [1.807, 2.05) is 0 Å². The SMILES string of the molecule is C=CCn1c(SCC(=O)Nc2ccccc2OC(F)F)nnc1-c1ccco1. The van der Waals surface area contributed by atoms with Crippen LogP contribution in [0.25, 0.3) is 11.6 Å². The number of nitrogens with zero attached hydrogens (tertiary/aromatic N) is 3. The van der Waals surface area contributed by atoms with Crippen LogP contribution in [-0.2, 0) is 11.3 Å². The Morgan fingerprint density at radius 1 is 1.32 bits per heavy atom. The number of aromatic nitrogens is 3. The van der Waals surface area contributed by atoms with Crippen molar-refractivity contribution < 1.29 is 22.7 Å². The molecule has 2 heterocycles. The van der Waals surface area contributed by atoms with Gasteiger partial charge in [0.25, 0.3) is 0 Å². The summed E-state index contributed by atoms with van der Waals surface area (Å²) in [6, 6.07) is 9.47. The van der Waals surface area contributed by atoms with Gasteiger partial charge in [0, 0.05) is 6.54 Å². The van der Waals surface area contributed by atoms with Crippen LogP contribution in [0.4, 0.5) is 14.5 Å². The second-order valence-corrected chi connectivity index (χ2v) is 6.34. The summed E-state index contributed by atoms with van der Waals surface area (Å²) in [5.74, 6) is 0.553. The van der Waals surface area contributed by atoms with Gasteiger partial charge >= 0.3 is 6.61 Å². The van der Waals surface area contributed by atoms with Crippen LogP contribution in [0.15, 0.2) is 64.9 Å². The number of hydrogen-bond donors (Lipinski definition) is 1. The molecule has 10 heteroatoms. The number of alkyl halides is 2. The van der Waals surface area contributed by atoms with Gasteiger partial charge in [0.1, 0.15) is 5.75 Å². The van der Waals surface area contributed by atoms with E-state index in [1.54, 1.807) is 28.8 Å². The molecule has 0 saturated heterocycles. The number of ether oxygens (including phenoxy) is 1. The van der Waals surface area contributed by atoms with E-state index in [4.69, 9.17) is 4.42 Å². The number of anilines is 1. The molecule has 146 valence electrons. The highest BCUT2D eigenvalue weighted by molar-refractivity contribution is 7.99. The molecule has 0 radical (unpaired) electrons. The summed E-state index contributed by atoms with van der Waals surface area (Å²) in [4.78, 5) is 12.3. The van der Waals surface area contributed by atoms with Crippen LogP contribution >= 0.6 is 11.8 Å². The molecule has 0 saturated carbocycles. The number of carbonyl (C=O) groups is 1. The monoisotopic (exact) mass is 406 g/mol. The van der Waals surface area contributed by atoms with Crippen LogP contribution in [0.2, 0.25) is 0 Å². The van der Waals surface area contributed by atoms with Crippen LogP contribution < -0.4 is 10.1 Å². The minimum Gasteiger partial charge on any atom is -0.461 e. The fourth-order valence-electron chi connectivity index (χ4n) is 2.36. The zero-order chi connectivity index (χ0) is 19.9. The molecule has 7 nitrogen and oxygen atoms in total. The first-order chi connectivity index (χ1) is 13.6. The Morgan fingerprint density at radius 3 is 2.86 bits per heavy atom. The Labute approximate surface area is 163 Å². The Hall–Kier alpha value is -3.14. The lowest BCUT2D eigenvalue weighted by atomic mass is 10.3. The maximum absolute atomic E-state index is 12.5. The van der Waals surface area contributed by atoms with Gasteiger partial charge in [-0.05, 0) is 24.3 Å². The highest BCUT2D eigenvalue weighted by Crippen LogP contribution is 2.27.